The molecule has 0 aromatic heterocycles. The molecular weight excluding hydrogens is 476 g/mol. The Morgan fingerprint density at radius 1 is 0.912 bits per heavy atom. The molecule has 3 rings (SSSR count). The molecule has 34 heavy (non-hydrogen) atoms. The summed E-state index contributed by atoms with van der Waals surface area (Å²) in [5.74, 6) is 0.105. The lowest BCUT2D eigenvalue weighted by Gasteiger charge is -2.26. The number of anilines is 2. The Hall–Kier alpha value is -3.23. The number of carbonyl (C=O) groups is 1. The van der Waals surface area contributed by atoms with Gasteiger partial charge >= 0.3 is 0 Å². The molecular formula is C25H27ClN2O5S. The Morgan fingerprint density at radius 2 is 1.53 bits per heavy atom. The molecule has 0 radical (unpaired) electrons. The molecule has 9 heteroatoms. The number of halogens is 1. The first-order valence-electron chi connectivity index (χ1n) is 10.4. The number of rotatable bonds is 8. The summed E-state index contributed by atoms with van der Waals surface area (Å²) >= 11 is 6.14. The number of benzene rings is 3. The van der Waals surface area contributed by atoms with E-state index in [9.17, 15) is 13.2 Å². The molecule has 0 aliphatic heterocycles. The van der Waals surface area contributed by atoms with Crippen LogP contribution in [0.1, 0.15) is 16.7 Å². The summed E-state index contributed by atoms with van der Waals surface area (Å²) in [6.45, 7) is 5.15. The molecule has 0 saturated carbocycles. The average molecular weight is 503 g/mol. The molecule has 0 unspecified atom stereocenters. The molecule has 3 aromatic carbocycles. The van der Waals surface area contributed by atoms with Crippen LogP contribution < -0.4 is 19.1 Å². The number of carbonyl (C=O) groups excluding carboxylic acids is 1. The van der Waals surface area contributed by atoms with Crippen molar-refractivity contribution >= 4 is 38.9 Å². The minimum atomic E-state index is -4.03. The van der Waals surface area contributed by atoms with Crippen molar-refractivity contribution in [3.05, 3.63) is 76.3 Å². The highest BCUT2D eigenvalue weighted by molar-refractivity contribution is 7.92. The number of methoxy groups -OCH3 is 2. The number of amides is 1. The summed E-state index contributed by atoms with van der Waals surface area (Å²) in [5, 5.41) is 3.03. The van der Waals surface area contributed by atoms with Crippen molar-refractivity contribution in [2.24, 2.45) is 0 Å². The van der Waals surface area contributed by atoms with Crippen molar-refractivity contribution in [3.63, 3.8) is 0 Å². The Labute approximate surface area is 205 Å². The van der Waals surface area contributed by atoms with E-state index in [4.69, 9.17) is 21.1 Å². The minimum Gasteiger partial charge on any atom is -0.495 e. The maximum absolute atomic E-state index is 13.6. The SMILES string of the molecule is COc1cc(NC(=O)CN(c2ccc(C)cc2C)S(=O)(=O)c2ccc(C)cc2)c(OC)cc1Cl. The predicted molar refractivity (Wildman–Crippen MR) is 135 cm³/mol. The fourth-order valence-electron chi connectivity index (χ4n) is 3.50. The molecule has 0 aliphatic carbocycles. The van der Waals surface area contributed by atoms with E-state index in [0.29, 0.717) is 27.9 Å². The molecule has 0 aliphatic rings. The Kier molecular flexibility index (Phi) is 7.74. The number of nitrogens with zero attached hydrogens (tertiary/aromatic N) is 1. The van der Waals surface area contributed by atoms with E-state index >= 15 is 0 Å². The molecule has 0 fully saturated rings. The second kappa shape index (κ2) is 10.4. The maximum atomic E-state index is 13.6. The second-order valence-corrected chi connectivity index (χ2v) is 10.1. The first-order chi connectivity index (χ1) is 16.1. The van der Waals surface area contributed by atoms with Crippen molar-refractivity contribution in [1.82, 2.24) is 0 Å². The zero-order valence-corrected chi connectivity index (χ0v) is 21.3. The van der Waals surface area contributed by atoms with E-state index in [1.54, 1.807) is 18.2 Å². The van der Waals surface area contributed by atoms with Gasteiger partial charge in [0.2, 0.25) is 5.91 Å². The number of hydrogen-bond acceptors (Lipinski definition) is 5. The van der Waals surface area contributed by atoms with Gasteiger partial charge in [0.25, 0.3) is 10.0 Å². The van der Waals surface area contributed by atoms with Crippen LogP contribution in [0.3, 0.4) is 0 Å². The quantitative estimate of drug-likeness (QED) is 0.462. The molecule has 0 atom stereocenters. The summed E-state index contributed by atoms with van der Waals surface area (Å²) in [7, 11) is -1.14. The molecule has 1 N–H and O–H groups in total. The lowest BCUT2D eigenvalue weighted by atomic mass is 10.1. The smallest absolute Gasteiger partial charge is 0.264 e. The van der Waals surface area contributed by atoms with Gasteiger partial charge in [-0.3, -0.25) is 9.10 Å². The number of nitrogens with one attached hydrogen (secondary N) is 1. The van der Waals surface area contributed by atoms with Gasteiger partial charge in [0.15, 0.2) is 0 Å². The Bertz CT molecular complexity index is 1310. The van der Waals surface area contributed by atoms with Crippen LogP contribution >= 0.6 is 11.6 Å². The number of sulfonamides is 1. The first-order valence-corrected chi connectivity index (χ1v) is 12.3. The summed E-state index contributed by atoms with van der Waals surface area (Å²) in [6, 6.07) is 14.9. The molecule has 1 amide bonds. The topological polar surface area (TPSA) is 84.9 Å². The van der Waals surface area contributed by atoms with Gasteiger partial charge in [0, 0.05) is 12.1 Å². The van der Waals surface area contributed by atoms with Gasteiger partial charge in [-0.25, -0.2) is 8.42 Å². The molecule has 3 aromatic rings. The average Bonchev–Trinajstić information content (AvgIpc) is 2.79. The molecule has 0 heterocycles. The summed E-state index contributed by atoms with van der Waals surface area (Å²) in [6.07, 6.45) is 0. The number of aryl methyl sites for hydroxylation is 3. The van der Waals surface area contributed by atoms with E-state index in [1.807, 2.05) is 32.9 Å². The van der Waals surface area contributed by atoms with Gasteiger partial charge < -0.3 is 14.8 Å². The third-order valence-electron chi connectivity index (χ3n) is 5.27. The van der Waals surface area contributed by atoms with Crippen molar-refractivity contribution in [2.75, 3.05) is 30.4 Å². The predicted octanol–water partition coefficient (Wildman–Crippen LogP) is 5.12. The maximum Gasteiger partial charge on any atom is 0.264 e. The van der Waals surface area contributed by atoms with Crippen LogP contribution in [0.2, 0.25) is 5.02 Å². The first kappa shape index (κ1) is 25.4. The molecule has 180 valence electrons. The zero-order chi connectivity index (χ0) is 25.0. The number of hydrogen-bond donors (Lipinski definition) is 1. The largest absolute Gasteiger partial charge is 0.495 e. The summed E-state index contributed by atoms with van der Waals surface area (Å²) in [5.41, 5.74) is 3.37. The van der Waals surface area contributed by atoms with Gasteiger partial charge in [-0.05, 0) is 44.5 Å². The van der Waals surface area contributed by atoms with E-state index in [1.165, 1.54) is 38.5 Å². The second-order valence-electron chi connectivity index (χ2n) is 7.85. The van der Waals surface area contributed by atoms with E-state index in [0.717, 1.165) is 21.0 Å². The highest BCUT2D eigenvalue weighted by atomic mass is 35.5. The molecule has 0 saturated heterocycles. The highest BCUT2D eigenvalue weighted by Gasteiger charge is 2.28. The Morgan fingerprint density at radius 3 is 2.12 bits per heavy atom. The van der Waals surface area contributed by atoms with Crippen molar-refractivity contribution < 1.29 is 22.7 Å². The normalized spacial score (nSPS) is 11.1. The summed E-state index contributed by atoms with van der Waals surface area (Å²) < 4.78 is 38.9. The van der Waals surface area contributed by atoms with Crippen molar-refractivity contribution in [2.45, 2.75) is 25.7 Å². The van der Waals surface area contributed by atoms with Crippen LogP contribution in [0.5, 0.6) is 11.5 Å². The monoisotopic (exact) mass is 502 g/mol. The Balaban J connectivity index is 2.01. The summed E-state index contributed by atoms with van der Waals surface area (Å²) in [4.78, 5) is 13.2. The molecule has 0 spiro atoms. The van der Waals surface area contributed by atoms with E-state index in [2.05, 4.69) is 5.32 Å². The van der Waals surface area contributed by atoms with Crippen LogP contribution in [0.15, 0.2) is 59.5 Å². The van der Waals surface area contributed by atoms with Crippen molar-refractivity contribution in [1.29, 1.82) is 0 Å². The van der Waals surface area contributed by atoms with Crippen LogP contribution in [0.4, 0.5) is 11.4 Å². The molecule has 0 bridgehead atoms. The lowest BCUT2D eigenvalue weighted by Crippen LogP contribution is -2.38. The van der Waals surface area contributed by atoms with Gasteiger partial charge in [-0.2, -0.15) is 0 Å². The highest BCUT2D eigenvalue weighted by Crippen LogP contribution is 2.36. The van der Waals surface area contributed by atoms with Crippen LogP contribution in [-0.4, -0.2) is 35.1 Å². The van der Waals surface area contributed by atoms with Crippen LogP contribution in [0, 0.1) is 20.8 Å². The van der Waals surface area contributed by atoms with Gasteiger partial charge in [-0.15, -0.1) is 0 Å². The van der Waals surface area contributed by atoms with E-state index in [-0.39, 0.29) is 4.90 Å². The van der Waals surface area contributed by atoms with Crippen LogP contribution in [0.25, 0.3) is 0 Å². The van der Waals surface area contributed by atoms with Gasteiger partial charge in [-0.1, -0.05) is 47.0 Å². The van der Waals surface area contributed by atoms with E-state index < -0.39 is 22.5 Å². The number of ether oxygens (including phenoxy) is 2. The zero-order valence-electron chi connectivity index (χ0n) is 19.7. The van der Waals surface area contributed by atoms with Gasteiger partial charge in [0.1, 0.15) is 18.0 Å². The third-order valence-corrected chi connectivity index (χ3v) is 7.33. The van der Waals surface area contributed by atoms with Crippen molar-refractivity contribution in [3.8, 4) is 11.5 Å². The fraction of sp³-hybridized carbons (Fsp3) is 0.240. The molecule has 7 nitrogen and oxygen atoms in total. The lowest BCUT2D eigenvalue weighted by molar-refractivity contribution is -0.114. The van der Waals surface area contributed by atoms with Crippen LogP contribution in [-0.2, 0) is 14.8 Å². The third kappa shape index (κ3) is 5.46. The standard InChI is InChI=1S/C25H27ClN2O5S/c1-16-6-9-19(10-7-16)34(30,31)28(22-11-8-17(2)12-18(22)3)15-25(29)27-21-14-23(32-4)20(26)13-24(21)33-5/h6-14H,15H2,1-5H3,(H,27,29). The van der Waals surface area contributed by atoms with Gasteiger partial charge in [0.05, 0.1) is 35.5 Å². The minimum absolute atomic E-state index is 0.0941. The fourth-order valence-corrected chi connectivity index (χ4v) is 5.22.